The van der Waals surface area contributed by atoms with E-state index in [9.17, 15) is 4.79 Å². The summed E-state index contributed by atoms with van der Waals surface area (Å²) in [5.74, 6) is 5.20. The normalized spacial score (nSPS) is 9.74. The van der Waals surface area contributed by atoms with Crippen molar-refractivity contribution in [3.05, 3.63) is 95.6 Å². The zero-order chi connectivity index (χ0) is 16.1. The Hall–Kier alpha value is -3.31. The van der Waals surface area contributed by atoms with Crippen LogP contribution < -0.4 is 0 Å². The first-order valence-electron chi connectivity index (χ1n) is 7.23. The summed E-state index contributed by atoms with van der Waals surface area (Å²) in [7, 11) is 0. The Balaban J connectivity index is 1.78. The third kappa shape index (κ3) is 3.66. The third-order valence-corrected chi connectivity index (χ3v) is 3.48. The lowest BCUT2D eigenvalue weighted by Gasteiger charge is -2.00. The van der Waals surface area contributed by atoms with Gasteiger partial charge in [-0.25, -0.2) is 4.79 Å². The molecule has 0 aliphatic heterocycles. The van der Waals surface area contributed by atoms with Crippen LogP contribution in [0.25, 0.3) is 11.1 Å². The fourth-order valence-corrected chi connectivity index (χ4v) is 2.22. The Morgan fingerprint density at radius 1 is 0.652 bits per heavy atom. The van der Waals surface area contributed by atoms with Crippen molar-refractivity contribution >= 4 is 5.97 Å². The number of rotatable bonds is 2. The summed E-state index contributed by atoms with van der Waals surface area (Å²) in [6, 6.07) is 24.8. The van der Waals surface area contributed by atoms with Crippen LogP contribution in [0, 0.1) is 11.8 Å². The van der Waals surface area contributed by atoms with Gasteiger partial charge in [0.25, 0.3) is 0 Å². The molecule has 0 unspecified atom stereocenters. The molecule has 23 heavy (non-hydrogen) atoms. The lowest BCUT2D eigenvalue weighted by atomic mass is 10.0. The Bertz CT molecular complexity index is 865. The maximum absolute atomic E-state index is 10.8. The van der Waals surface area contributed by atoms with Crippen LogP contribution in [0.2, 0.25) is 0 Å². The van der Waals surface area contributed by atoms with Gasteiger partial charge in [-0.2, -0.15) is 0 Å². The molecule has 0 aromatic heterocycles. The molecular formula is C21H14O2. The van der Waals surface area contributed by atoms with Crippen LogP contribution in [-0.2, 0) is 0 Å². The molecule has 3 rings (SSSR count). The molecule has 0 aliphatic carbocycles. The number of hydrogen-bond acceptors (Lipinski definition) is 1. The number of aromatic carboxylic acids is 1. The van der Waals surface area contributed by atoms with Crippen LogP contribution in [-0.4, -0.2) is 11.1 Å². The van der Waals surface area contributed by atoms with Crippen molar-refractivity contribution in [1.82, 2.24) is 0 Å². The maximum atomic E-state index is 10.8. The summed E-state index contributed by atoms with van der Waals surface area (Å²) in [6.07, 6.45) is 0. The average Bonchev–Trinajstić information content (AvgIpc) is 2.61. The second kappa shape index (κ2) is 6.64. The average molecular weight is 298 g/mol. The summed E-state index contributed by atoms with van der Waals surface area (Å²) in [5.41, 5.74) is 4.31. The molecule has 0 heterocycles. The van der Waals surface area contributed by atoms with Crippen molar-refractivity contribution in [2.24, 2.45) is 0 Å². The molecule has 2 heteroatoms. The van der Waals surface area contributed by atoms with Gasteiger partial charge in [-0.1, -0.05) is 54.3 Å². The van der Waals surface area contributed by atoms with Crippen molar-refractivity contribution in [3.8, 4) is 23.0 Å². The van der Waals surface area contributed by atoms with Gasteiger partial charge in [-0.15, -0.1) is 0 Å². The summed E-state index contributed by atoms with van der Waals surface area (Å²) in [4.78, 5) is 10.8. The molecule has 0 aliphatic rings. The number of carbonyl (C=O) groups is 1. The Morgan fingerprint density at radius 3 is 1.65 bits per heavy atom. The van der Waals surface area contributed by atoms with Gasteiger partial charge in [0.2, 0.25) is 0 Å². The summed E-state index contributed by atoms with van der Waals surface area (Å²) >= 11 is 0. The summed E-state index contributed by atoms with van der Waals surface area (Å²) < 4.78 is 0. The Kier molecular flexibility index (Phi) is 4.22. The van der Waals surface area contributed by atoms with E-state index in [4.69, 9.17) is 5.11 Å². The van der Waals surface area contributed by atoms with Gasteiger partial charge in [0, 0.05) is 11.1 Å². The van der Waals surface area contributed by atoms with Gasteiger partial charge in [0.15, 0.2) is 0 Å². The highest BCUT2D eigenvalue weighted by Gasteiger charge is 2.00. The van der Waals surface area contributed by atoms with Gasteiger partial charge in [0.1, 0.15) is 0 Å². The van der Waals surface area contributed by atoms with Gasteiger partial charge >= 0.3 is 5.97 Å². The third-order valence-electron chi connectivity index (χ3n) is 3.48. The fourth-order valence-electron chi connectivity index (χ4n) is 2.22. The molecular weight excluding hydrogens is 284 g/mol. The minimum absolute atomic E-state index is 0.266. The fraction of sp³-hybridized carbons (Fsp3) is 0. The molecule has 0 fully saturated rings. The lowest BCUT2D eigenvalue weighted by Crippen LogP contribution is -1.94. The largest absolute Gasteiger partial charge is 0.478 e. The van der Waals surface area contributed by atoms with Crippen LogP contribution in [0.3, 0.4) is 0 Å². The molecule has 0 spiro atoms. The van der Waals surface area contributed by atoms with Crippen LogP contribution in [0.15, 0.2) is 78.9 Å². The lowest BCUT2D eigenvalue weighted by molar-refractivity contribution is 0.0697. The van der Waals surface area contributed by atoms with Crippen LogP contribution in [0.1, 0.15) is 21.5 Å². The van der Waals surface area contributed by atoms with Crippen molar-refractivity contribution in [1.29, 1.82) is 0 Å². The first kappa shape index (κ1) is 14.6. The predicted octanol–water partition coefficient (Wildman–Crippen LogP) is 4.45. The van der Waals surface area contributed by atoms with Crippen LogP contribution in [0.5, 0.6) is 0 Å². The number of carboxylic acid groups (broad SMARTS) is 1. The second-order valence-electron chi connectivity index (χ2n) is 5.08. The molecule has 110 valence electrons. The van der Waals surface area contributed by atoms with Gasteiger partial charge in [-0.05, 0) is 47.5 Å². The molecule has 0 saturated heterocycles. The molecule has 0 radical (unpaired) electrons. The van der Waals surface area contributed by atoms with E-state index in [2.05, 4.69) is 24.0 Å². The smallest absolute Gasteiger partial charge is 0.335 e. The number of benzene rings is 3. The Morgan fingerprint density at radius 2 is 1.13 bits per heavy atom. The van der Waals surface area contributed by atoms with Gasteiger partial charge < -0.3 is 5.11 Å². The van der Waals surface area contributed by atoms with Crippen molar-refractivity contribution in [2.75, 3.05) is 0 Å². The maximum Gasteiger partial charge on any atom is 0.335 e. The molecule has 0 saturated carbocycles. The number of hydrogen-bond donors (Lipinski definition) is 1. The van der Waals surface area contributed by atoms with E-state index in [1.165, 1.54) is 5.56 Å². The van der Waals surface area contributed by atoms with Crippen molar-refractivity contribution < 1.29 is 9.90 Å². The number of carboxylic acids is 1. The molecule has 0 bridgehead atoms. The van der Waals surface area contributed by atoms with E-state index in [-0.39, 0.29) is 5.56 Å². The van der Waals surface area contributed by atoms with E-state index in [1.807, 2.05) is 42.5 Å². The van der Waals surface area contributed by atoms with E-state index in [0.29, 0.717) is 0 Å². The van der Waals surface area contributed by atoms with Gasteiger partial charge in [-0.3, -0.25) is 0 Å². The highest BCUT2D eigenvalue weighted by Crippen LogP contribution is 2.18. The van der Waals surface area contributed by atoms with E-state index in [1.54, 1.807) is 24.3 Å². The van der Waals surface area contributed by atoms with E-state index < -0.39 is 5.97 Å². The molecule has 1 N–H and O–H groups in total. The quantitative estimate of drug-likeness (QED) is 0.710. The van der Waals surface area contributed by atoms with Crippen molar-refractivity contribution in [2.45, 2.75) is 0 Å². The molecule has 0 atom stereocenters. The summed E-state index contributed by atoms with van der Waals surface area (Å²) in [5, 5.41) is 8.87. The van der Waals surface area contributed by atoms with Crippen molar-refractivity contribution in [3.63, 3.8) is 0 Å². The highest BCUT2D eigenvalue weighted by molar-refractivity contribution is 5.87. The van der Waals surface area contributed by atoms with Gasteiger partial charge in [0.05, 0.1) is 5.56 Å². The van der Waals surface area contributed by atoms with E-state index in [0.717, 1.165) is 16.7 Å². The van der Waals surface area contributed by atoms with Crippen LogP contribution >= 0.6 is 0 Å². The molecule has 3 aromatic carbocycles. The molecule has 2 nitrogen and oxygen atoms in total. The topological polar surface area (TPSA) is 37.3 Å². The molecule has 0 amide bonds. The highest BCUT2D eigenvalue weighted by atomic mass is 16.4. The first-order valence-corrected chi connectivity index (χ1v) is 7.23. The zero-order valence-electron chi connectivity index (χ0n) is 12.4. The zero-order valence-corrected chi connectivity index (χ0v) is 12.4. The Labute approximate surface area is 135 Å². The standard InChI is InChI=1S/C21H14O2/c22-21(23)20-14-10-17(11-15-20)7-6-16-8-12-19(13-9-16)18-4-2-1-3-5-18/h1-5,8-15H,(H,22,23). The monoisotopic (exact) mass is 298 g/mol. The predicted molar refractivity (Wildman–Crippen MR) is 91.3 cm³/mol. The van der Waals surface area contributed by atoms with Crippen LogP contribution in [0.4, 0.5) is 0 Å². The van der Waals surface area contributed by atoms with E-state index >= 15 is 0 Å². The minimum Gasteiger partial charge on any atom is -0.478 e. The summed E-state index contributed by atoms with van der Waals surface area (Å²) in [6.45, 7) is 0. The SMILES string of the molecule is O=C(O)c1ccc(C#Cc2ccc(-c3ccccc3)cc2)cc1. The minimum atomic E-state index is -0.930. The first-order chi connectivity index (χ1) is 11.2. The molecule has 3 aromatic rings. The second-order valence-corrected chi connectivity index (χ2v) is 5.08.